The van der Waals surface area contributed by atoms with E-state index >= 15 is 0 Å². The zero-order valence-corrected chi connectivity index (χ0v) is 19.1. The molecule has 0 radical (unpaired) electrons. The number of rotatable bonds is 11. The molecule has 0 atom stereocenters. The van der Waals surface area contributed by atoms with Gasteiger partial charge in [-0.3, -0.25) is 0 Å². The van der Waals surface area contributed by atoms with Gasteiger partial charge in [-0.05, 0) is 42.4 Å². The first-order chi connectivity index (χ1) is 15.3. The number of unbranched alkanes of at least 4 members (excludes halogenated alkanes) is 7. The molecule has 1 aliphatic rings. The second kappa shape index (κ2) is 10.6. The van der Waals surface area contributed by atoms with Gasteiger partial charge in [0.2, 0.25) is 0 Å². The Balaban J connectivity index is 1.38. The standard InChI is InChI=1S/C27H36BN3/c1-3-4-5-6-7-8-9-10-19-29-24-18-17-21(2)20-23(24)28-30-25-15-11-13-22-14-12-16-26(31-28)27(22)25/h11-18,20,29-31H,3-10,19H2,1-2H3. The number of aryl methyl sites for hydroxylation is 1. The third-order valence-electron chi connectivity index (χ3n) is 6.37. The van der Waals surface area contributed by atoms with Gasteiger partial charge in [0.1, 0.15) is 0 Å². The molecule has 3 aromatic rings. The fourth-order valence-electron chi connectivity index (χ4n) is 4.65. The van der Waals surface area contributed by atoms with Gasteiger partial charge in [-0.2, -0.15) is 0 Å². The van der Waals surface area contributed by atoms with Crippen molar-refractivity contribution in [1.29, 1.82) is 0 Å². The van der Waals surface area contributed by atoms with Crippen LogP contribution in [0.5, 0.6) is 0 Å². The van der Waals surface area contributed by atoms with Crippen LogP contribution < -0.4 is 21.2 Å². The highest BCUT2D eigenvalue weighted by Gasteiger charge is 2.27. The normalized spacial score (nSPS) is 12.5. The SMILES string of the molecule is CCCCCCCCCCNc1ccc(C)cc1B1Nc2cccc3cccc(c23)N1. The van der Waals surface area contributed by atoms with Crippen LogP contribution in [0, 0.1) is 6.92 Å². The first-order valence-corrected chi connectivity index (χ1v) is 12.2. The number of benzene rings is 3. The summed E-state index contributed by atoms with van der Waals surface area (Å²) in [7, 11) is 0. The zero-order valence-electron chi connectivity index (χ0n) is 19.1. The first kappa shape index (κ1) is 21.6. The van der Waals surface area contributed by atoms with Crippen molar-refractivity contribution in [3.05, 3.63) is 60.2 Å². The lowest BCUT2D eigenvalue weighted by molar-refractivity contribution is 0.581. The summed E-state index contributed by atoms with van der Waals surface area (Å²) in [5.74, 6) is 0. The Morgan fingerprint density at radius 1 is 0.774 bits per heavy atom. The van der Waals surface area contributed by atoms with Crippen LogP contribution in [0.3, 0.4) is 0 Å². The van der Waals surface area contributed by atoms with E-state index in [1.54, 1.807) is 0 Å². The lowest BCUT2D eigenvalue weighted by Crippen LogP contribution is -2.49. The highest BCUT2D eigenvalue weighted by molar-refractivity contribution is 6.81. The Bertz CT molecular complexity index is 960. The van der Waals surface area contributed by atoms with Crippen molar-refractivity contribution in [1.82, 2.24) is 0 Å². The molecule has 31 heavy (non-hydrogen) atoms. The van der Waals surface area contributed by atoms with Gasteiger partial charge < -0.3 is 15.8 Å². The zero-order chi connectivity index (χ0) is 21.5. The summed E-state index contributed by atoms with van der Waals surface area (Å²) in [6.07, 6.45) is 10.8. The molecule has 1 heterocycles. The average Bonchev–Trinajstić information content (AvgIpc) is 2.79. The predicted octanol–water partition coefficient (Wildman–Crippen LogP) is 6.93. The highest BCUT2D eigenvalue weighted by atomic mass is 15.0. The van der Waals surface area contributed by atoms with Crippen LogP contribution in [0.2, 0.25) is 0 Å². The van der Waals surface area contributed by atoms with E-state index < -0.39 is 0 Å². The second-order valence-electron chi connectivity index (χ2n) is 8.92. The average molecular weight is 413 g/mol. The topological polar surface area (TPSA) is 36.1 Å². The van der Waals surface area contributed by atoms with Crippen LogP contribution in [0.15, 0.2) is 54.6 Å². The van der Waals surface area contributed by atoms with E-state index in [4.69, 9.17) is 0 Å². The fraction of sp³-hybridized carbons (Fsp3) is 0.407. The number of anilines is 3. The molecule has 0 saturated carbocycles. The lowest BCUT2D eigenvalue weighted by Gasteiger charge is -2.28. The summed E-state index contributed by atoms with van der Waals surface area (Å²) in [5.41, 5.74) is 6.20. The molecule has 0 saturated heterocycles. The molecule has 4 heteroatoms. The van der Waals surface area contributed by atoms with E-state index in [1.165, 1.54) is 90.2 Å². The minimum Gasteiger partial charge on any atom is -0.405 e. The number of hydrogen-bond acceptors (Lipinski definition) is 3. The second-order valence-corrected chi connectivity index (χ2v) is 8.92. The summed E-state index contributed by atoms with van der Waals surface area (Å²) >= 11 is 0. The molecule has 0 fully saturated rings. The molecule has 3 aromatic carbocycles. The molecule has 0 bridgehead atoms. The van der Waals surface area contributed by atoms with Crippen molar-refractivity contribution in [2.24, 2.45) is 0 Å². The molecule has 3 nitrogen and oxygen atoms in total. The van der Waals surface area contributed by atoms with Crippen LogP contribution in [-0.2, 0) is 0 Å². The van der Waals surface area contributed by atoms with Gasteiger partial charge in [-0.15, -0.1) is 0 Å². The monoisotopic (exact) mass is 413 g/mol. The van der Waals surface area contributed by atoms with Gasteiger partial charge >= 0.3 is 6.98 Å². The Kier molecular flexibility index (Phi) is 7.40. The van der Waals surface area contributed by atoms with E-state index in [0.717, 1.165) is 6.54 Å². The summed E-state index contributed by atoms with van der Waals surface area (Å²) in [6, 6.07) is 19.7. The van der Waals surface area contributed by atoms with Gasteiger partial charge in [-0.1, -0.05) is 93.8 Å². The van der Waals surface area contributed by atoms with Gasteiger partial charge in [0.05, 0.1) is 0 Å². The third kappa shape index (κ3) is 5.36. The minimum absolute atomic E-state index is 0.0569. The maximum Gasteiger partial charge on any atom is 0.408 e. The molecule has 3 N–H and O–H groups in total. The Morgan fingerprint density at radius 3 is 2.10 bits per heavy atom. The maximum absolute atomic E-state index is 3.73. The van der Waals surface area contributed by atoms with Crippen molar-refractivity contribution in [2.75, 3.05) is 22.3 Å². The van der Waals surface area contributed by atoms with E-state index in [-0.39, 0.29) is 6.98 Å². The molecular formula is C27H36BN3. The molecule has 0 aromatic heterocycles. The van der Waals surface area contributed by atoms with Crippen LogP contribution >= 0.6 is 0 Å². The molecule has 4 rings (SSSR count). The lowest BCUT2D eigenvalue weighted by atomic mass is 9.65. The van der Waals surface area contributed by atoms with Crippen molar-refractivity contribution in [2.45, 2.75) is 65.2 Å². The van der Waals surface area contributed by atoms with Crippen molar-refractivity contribution in [3.8, 4) is 0 Å². The maximum atomic E-state index is 3.73. The molecule has 1 aliphatic heterocycles. The van der Waals surface area contributed by atoms with Crippen molar-refractivity contribution < 1.29 is 0 Å². The number of nitrogens with one attached hydrogen (secondary N) is 3. The smallest absolute Gasteiger partial charge is 0.405 e. The molecule has 0 amide bonds. The largest absolute Gasteiger partial charge is 0.408 e. The van der Waals surface area contributed by atoms with Crippen LogP contribution in [0.25, 0.3) is 10.8 Å². The van der Waals surface area contributed by atoms with Crippen LogP contribution in [-0.4, -0.2) is 13.5 Å². The highest BCUT2D eigenvalue weighted by Crippen LogP contribution is 2.34. The molecule has 162 valence electrons. The van der Waals surface area contributed by atoms with E-state index in [2.05, 4.69) is 84.2 Å². The molecule has 0 spiro atoms. The predicted molar refractivity (Wildman–Crippen MR) is 139 cm³/mol. The first-order valence-electron chi connectivity index (χ1n) is 12.2. The van der Waals surface area contributed by atoms with E-state index in [9.17, 15) is 0 Å². The summed E-state index contributed by atoms with van der Waals surface area (Å²) in [5, 5.41) is 13.7. The summed E-state index contributed by atoms with van der Waals surface area (Å²) in [4.78, 5) is 0. The van der Waals surface area contributed by atoms with Crippen LogP contribution in [0.1, 0.15) is 63.9 Å². The van der Waals surface area contributed by atoms with E-state index in [0.29, 0.717) is 0 Å². The summed E-state index contributed by atoms with van der Waals surface area (Å²) < 4.78 is 0. The third-order valence-corrected chi connectivity index (χ3v) is 6.37. The van der Waals surface area contributed by atoms with Gasteiger partial charge in [0.25, 0.3) is 0 Å². The molecule has 0 aliphatic carbocycles. The Morgan fingerprint density at radius 2 is 1.42 bits per heavy atom. The van der Waals surface area contributed by atoms with Gasteiger partial charge in [-0.25, -0.2) is 0 Å². The number of hydrogen-bond donors (Lipinski definition) is 3. The molecular weight excluding hydrogens is 377 g/mol. The minimum atomic E-state index is 0.0569. The van der Waals surface area contributed by atoms with Crippen molar-refractivity contribution in [3.63, 3.8) is 0 Å². The van der Waals surface area contributed by atoms with Gasteiger partial charge in [0, 0.05) is 29.0 Å². The Hall–Kier alpha value is -2.62. The molecule has 0 unspecified atom stereocenters. The summed E-state index contributed by atoms with van der Waals surface area (Å²) in [6.45, 7) is 5.54. The fourth-order valence-corrected chi connectivity index (χ4v) is 4.65. The van der Waals surface area contributed by atoms with Gasteiger partial charge in [0.15, 0.2) is 0 Å². The van der Waals surface area contributed by atoms with Crippen molar-refractivity contribution >= 4 is 40.3 Å². The van der Waals surface area contributed by atoms with E-state index in [1.807, 2.05) is 0 Å². The Labute approximate surface area is 188 Å². The quantitative estimate of drug-likeness (QED) is 0.236. The van der Waals surface area contributed by atoms with Crippen LogP contribution in [0.4, 0.5) is 17.1 Å².